The molecule has 0 spiro atoms. The number of halogens is 1. The molecular formula is C29H32ClNO5. The Bertz CT molecular complexity index is 1230. The first kappa shape index (κ1) is 25.8. The number of benzene rings is 2. The zero-order valence-corrected chi connectivity index (χ0v) is 21.9. The SMILES string of the molecule is CCCCOC(=O)C1=C(C)NC2=C(C(=O)C[C@@H](c3ccc(OC)c(OC)c3)C2)[C@H]1c1ccccc1Cl. The lowest BCUT2D eigenvalue weighted by Gasteiger charge is -2.37. The minimum atomic E-state index is -0.581. The van der Waals surface area contributed by atoms with Crippen molar-refractivity contribution in [2.45, 2.75) is 51.4 Å². The highest BCUT2D eigenvalue weighted by Gasteiger charge is 2.42. The molecule has 1 aliphatic heterocycles. The smallest absolute Gasteiger partial charge is 0.336 e. The maximum absolute atomic E-state index is 13.7. The second kappa shape index (κ2) is 11.2. The molecular weight excluding hydrogens is 478 g/mol. The van der Waals surface area contributed by atoms with Gasteiger partial charge >= 0.3 is 5.97 Å². The summed E-state index contributed by atoms with van der Waals surface area (Å²) in [6.07, 6.45) is 2.63. The van der Waals surface area contributed by atoms with E-state index in [1.165, 1.54) is 0 Å². The van der Waals surface area contributed by atoms with Crippen LogP contribution >= 0.6 is 11.6 Å². The fourth-order valence-corrected chi connectivity index (χ4v) is 5.30. The predicted octanol–water partition coefficient (Wildman–Crippen LogP) is 6.06. The van der Waals surface area contributed by atoms with E-state index in [1.54, 1.807) is 20.3 Å². The maximum atomic E-state index is 13.7. The molecule has 4 rings (SSSR count). The standard InChI is InChI=1S/C29H32ClNO5/c1-5-6-13-36-29(33)26-17(2)31-22-14-19(18-11-12-24(34-3)25(16-18)35-4)15-23(32)28(22)27(26)20-9-7-8-10-21(20)30/h7-12,16,19,27,31H,5-6,13-15H2,1-4H3/t19-,27-/m0/s1. The Labute approximate surface area is 217 Å². The zero-order valence-electron chi connectivity index (χ0n) is 21.2. The van der Waals surface area contributed by atoms with E-state index in [1.807, 2.05) is 50.2 Å². The molecule has 36 heavy (non-hydrogen) atoms. The highest BCUT2D eigenvalue weighted by atomic mass is 35.5. The van der Waals surface area contributed by atoms with Crippen molar-refractivity contribution >= 4 is 23.4 Å². The molecule has 0 saturated heterocycles. The van der Waals surface area contributed by atoms with Gasteiger partial charge in [0.2, 0.25) is 0 Å². The number of hydrogen-bond acceptors (Lipinski definition) is 6. The van der Waals surface area contributed by atoms with Crippen molar-refractivity contribution in [3.05, 3.63) is 81.2 Å². The van der Waals surface area contributed by atoms with Crippen LogP contribution in [0, 0.1) is 0 Å². The van der Waals surface area contributed by atoms with Crippen LogP contribution in [0.5, 0.6) is 11.5 Å². The van der Waals surface area contributed by atoms with Crippen LogP contribution in [-0.4, -0.2) is 32.6 Å². The van der Waals surface area contributed by atoms with Gasteiger partial charge in [-0.15, -0.1) is 0 Å². The number of unbranched alkanes of at least 4 members (excludes halogenated alkanes) is 1. The molecule has 2 aromatic rings. The second-order valence-corrected chi connectivity index (χ2v) is 9.55. The molecule has 190 valence electrons. The van der Waals surface area contributed by atoms with E-state index in [-0.39, 0.29) is 11.7 Å². The number of carbonyl (C=O) groups is 2. The van der Waals surface area contributed by atoms with Gasteiger partial charge in [-0.2, -0.15) is 0 Å². The number of allylic oxidation sites excluding steroid dienone is 3. The third-order valence-corrected chi connectivity index (χ3v) is 7.22. The molecule has 1 N–H and O–H groups in total. The van der Waals surface area contributed by atoms with Crippen LogP contribution < -0.4 is 14.8 Å². The number of esters is 1. The maximum Gasteiger partial charge on any atom is 0.336 e. The highest BCUT2D eigenvalue weighted by Crippen LogP contribution is 2.47. The molecule has 0 unspecified atom stereocenters. The number of nitrogens with one attached hydrogen (secondary N) is 1. The van der Waals surface area contributed by atoms with Gasteiger partial charge in [-0.25, -0.2) is 4.79 Å². The van der Waals surface area contributed by atoms with Gasteiger partial charge in [0.05, 0.1) is 26.4 Å². The summed E-state index contributed by atoms with van der Waals surface area (Å²) in [7, 11) is 3.19. The lowest BCUT2D eigenvalue weighted by molar-refractivity contribution is -0.139. The largest absolute Gasteiger partial charge is 0.493 e. The van der Waals surface area contributed by atoms with Crippen molar-refractivity contribution in [3.8, 4) is 11.5 Å². The third-order valence-electron chi connectivity index (χ3n) is 6.87. The van der Waals surface area contributed by atoms with Gasteiger partial charge < -0.3 is 19.5 Å². The monoisotopic (exact) mass is 509 g/mol. The van der Waals surface area contributed by atoms with Gasteiger partial charge in [-0.3, -0.25) is 4.79 Å². The van der Waals surface area contributed by atoms with Crippen LogP contribution in [0.4, 0.5) is 0 Å². The molecule has 2 aliphatic rings. The summed E-state index contributed by atoms with van der Waals surface area (Å²) in [5.74, 6) is 0.215. The molecule has 0 fully saturated rings. The molecule has 0 amide bonds. The number of rotatable bonds is 8. The Kier molecular flexibility index (Phi) is 8.04. The molecule has 0 saturated carbocycles. The quantitative estimate of drug-likeness (QED) is 0.344. The summed E-state index contributed by atoms with van der Waals surface area (Å²) in [4.78, 5) is 27.0. The molecule has 1 heterocycles. The number of hydrogen-bond donors (Lipinski definition) is 1. The van der Waals surface area contributed by atoms with Crippen LogP contribution in [0.3, 0.4) is 0 Å². The number of ketones is 1. The summed E-state index contributed by atoms with van der Waals surface area (Å²) in [5.41, 5.74) is 4.26. The van der Waals surface area contributed by atoms with E-state index in [2.05, 4.69) is 5.32 Å². The topological polar surface area (TPSA) is 73.9 Å². The average Bonchev–Trinajstić information content (AvgIpc) is 2.87. The number of methoxy groups -OCH3 is 2. The van der Waals surface area contributed by atoms with Crippen molar-refractivity contribution < 1.29 is 23.8 Å². The first-order chi connectivity index (χ1) is 17.4. The number of ether oxygens (including phenoxy) is 3. The van der Waals surface area contributed by atoms with Crippen molar-refractivity contribution in [1.29, 1.82) is 0 Å². The van der Waals surface area contributed by atoms with E-state index in [4.69, 9.17) is 25.8 Å². The summed E-state index contributed by atoms with van der Waals surface area (Å²) in [6, 6.07) is 13.1. The van der Waals surface area contributed by atoms with E-state index in [9.17, 15) is 9.59 Å². The number of carbonyl (C=O) groups excluding carboxylic acids is 2. The van der Waals surface area contributed by atoms with Gasteiger partial charge in [-0.05, 0) is 55.0 Å². The normalized spacial score (nSPS) is 19.5. The predicted molar refractivity (Wildman–Crippen MR) is 139 cm³/mol. The third kappa shape index (κ3) is 5.00. The van der Waals surface area contributed by atoms with E-state index < -0.39 is 11.9 Å². The minimum Gasteiger partial charge on any atom is -0.493 e. The van der Waals surface area contributed by atoms with Crippen LogP contribution in [0.25, 0.3) is 0 Å². The highest BCUT2D eigenvalue weighted by molar-refractivity contribution is 6.31. The van der Waals surface area contributed by atoms with E-state index in [0.29, 0.717) is 52.8 Å². The molecule has 2 aromatic carbocycles. The van der Waals surface area contributed by atoms with Crippen LogP contribution in [-0.2, 0) is 14.3 Å². The van der Waals surface area contributed by atoms with Crippen molar-refractivity contribution in [1.82, 2.24) is 5.32 Å². The summed E-state index contributed by atoms with van der Waals surface area (Å²) in [5, 5.41) is 3.89. The fraction of sp³-hybridized carbons (Fsp3) is 0.379. The second-order valence-electron chi connectivity index (χ2n) is 9.14. The molecule has 6 nitrogen and oxygen atoms in total. The van der Waals surface area contributed by atoms with Crippen LogP contribution in [0.2, 0.25) is 5.02 Å². The lowest BCUT2D eigenvalue weighted by atomic mass is 9.71. The van der Waals surface area contributed by atoms with Crippen LogP contribution in [0.1, 0.15) is 62.5 Å². The van der Waals surface area contributed by atoms with E-state index >= 15 is 0 Å². The fourth-order valence-electron chi connectivity index (χ4n) is 5.06. The van der Waals surface area contributed by atoms with Crippen molar-refractivity contribution in [2.75, 3.05) is 20.8 Å². The van der Waals surface area contributed by atoms with Gasteiger partial charge in [-0.1, -0.05) is 49.2 Å². The van der Waals surface area contributed by atoms with Gasteiger partial charge in [0.25, 0.3) is 0 Å². The lowest BCUT2D eigenvalue weighted by Crippen LogP contribution is -2.36. The van der Waals surface area contributed by atoms with Crippen molar-refractivity contribution in [2.24, 2.45) is 0 Å². The Morgan fingerprint density at radius 2 is 1.83 bits per heavy atom. The Morgan fingerprint density at radius 1 is 1.08 bits per heavy atom. The molecule has 0 radical (unpaired) electrons. The first-order valence-corrected chi connectivity index (χ1v) is 12.6. The minimum absolute atomic E-state index is 0.0141. The zero-order chi connectivity index (χ0) is 25.8. The Morgan fingerprint density at radius 3 is 2.53 bits per heavy atom. The summed E-state index contributed by atoms with van der Waals surface area (Å²) >= 11 is 6.61. The summed E-state index contributed by atoms with van der Waals surface area (Å²) in [6.45, 7) is 4.23. The van der Waals surface area contributed by atoms with Gasteiger partial charge in [0.15, 0.2) is 17.3 Å². The molecule has 0 aromatic heterocycles. The Hall–Kier alpha value is -3.25. The molecule has 0 bridgehead atoms. The molecule has 1 aliphatic carbocycles. The Balaban J connectivity index is 1.75. The number of dihydropyridines is 1. The van der Waals surface area contributed by atoms with Crippen molar-refractivity contribution in [3.63, 3.8) is 0 Å². The first-order valence-electron chi connectivity index (χ1n) is 12.3. The number of Topliss-reactive ketones (excluding diaryl/α,β-unsaturated/α-hetero) is 1. The molecule has 2 atom stereocenters. The average molecular weight is 510 g/mol. The van der Waals surface area contributed by atoms with Crippen LogP contribution in [0.15, 0.2) is 65.0 Å². The van der Waals surface area contributed by atoms with Gasteiger partial charge in [0, 0.05) is 34.3 Å². The molecule has 7 heteroatoms. The van der Waals surface area contributed by atoms with E-state index in [0.717, 1.165) is 29.7 Å². The van der Waals surface area contributed by atoms with Gasteiger partial charge in [0.1, 0.15) is 0 Å². The summed E-state index contributed by atoms with van der Waals surface area (Å²) < 4.78 is 16.4.